The van der Waals surface area contributed by atoms with Crippen molar-refractivity contribution in [1.29, 1.82) is 0 Å². The van der Waals surface area contributed by atoms with Gasteiger partial charge in [0.05, 0.1) is 18.0 Å². The van der Waals surface area contributed by atoms with Crippen LogP contribution < -0.4 is 5.32 Å². The Labute approximate surface area is 148 Å². The molecule has 0 bridgehead atoms. The van der Waals surface area contributed by atoms with Gasteiger partial charge in [-0.3, -0.25) is 10.3 Å². The third-order valence-electron chi connectivity index (χ3n) is 3.34. The van der Waals surface area contributed by atoms with E-state index in [0.29, 0.717) is 18.0 Å². The van der Waals surface area contributed by atoms with Gasteiger partial charge in [-0.15, -0.1) is 0 Å². The minimum atomic E-state index is -0.496. The maximum absolute atomic E-state index is 11.2. The molecule has 1 aliphatic carbocycles. The maximum atomic E-state index is 11.2. The number of nitrogens with one attached hydrogen (secondary N) is 1. The molecule has 0 saturated carbocycles. The van der Waals surface area contributed by atoms with Gasteiger partial charge < -0.3 is 4.74 Å². The lowest BCUT2D eigenvalue weighted by atomic mass is 10.2. The van der Waals surface area contributed by atoms with Crippen LogP contribution in [0, 0.1) is 11.8 Å². The van der Waals surface area contributed by atoms with E-state index in [2.05, 4.69) is 46.2 Å². The Morgan fingerprint density at radius 2 is 2.04 bits per heavy atom. The zero-order chi connectivity index (χ0) is 18.1. The van der Waals surface area contributed by atoms with Crippen LogP contribution in [-0.2, 0) is 11.2 Å². The number of hydrogen-bond donors (Lipinski definition) is 1. The molecular weight excluding hydrogens is 314 g/mol. The average molecular weight is 335 g/mol. The van der Waals surface area contributed by atoms with Crippen molar-refractivity contribution in [3.05, 3.63) is 59.2 Å². The number of rotatable bonds is 2. The highest BCUT2D eigenvalue weighted by atomic mass is 16.5. The molecule has 0 aromatic carbocycles. The Balaban J connectivity index is 0.000000194. The molecule has 25 heavy (non-hydrogen) atoms. The van der Waals surface area contributed by atoms with Crippen molar-refractivity contribution in [3.63, 3.8) is 0 Å². The summed E-state index contributed by atoms with van der Waals surface area (Å²) in [7, 11) is 0. The minimum Gasteiger partial charge on any atom is -0.450 e. The summed E-state index contributed by atoms with van der Waals surface area (Å²) < 4.78 is 4.75. The molecule has 1 amide bonds. The predicted octanol–water partition coefficient (Wildman–Crippen LogP) is 4.06. The second-order valence-electron chi connectivity index (χ2n) is 5.34. The lowest BCUT2D eigenvalue weighted by molar-refractivity contribution is 0.168. The summed E-state index contributed by atoms with van der Waals surface area (Å²) >= 11 is 0. The summed E-state index contributed by atoms with van der Waals surface area (Å²) in [6.45, 7) is 5.93. The van der Waals surface area contributed by atoms with Gasteiger partial charge >= 0.3 is 6.09 Å². The topological polar surface area (TPSA) is 64.1 Å². The molecule has 0 fully saturated rings. The Hall–Kier alpha value is -3.13. The van der Waals surface area contributed by atoms with Crippen molar-refractivity contribution in [3.8, 4) is 11.8 Å². The Morgan fingerprint density at radius 1 is 1.28 bits per heavy atom. The first-order valence-corrected chi connectivity index (χ1v) is 8.06. The van der Waals surface area contributed by atoms with E-state index in [1.807, 2.05) is 12.3 Å². The molecule has 0 unspecified atom stereocenters. The van der Waals surface area contributed by atoms with Crippen LogP contribution in [0.5, 0.6) is 0 Å². The normalized spacial score (nSPS) is 11.1. The van der Waals surface area contributed by atoms with E-state index < -0.39 is 6.09 Å². The van der Waals surface area contributed by atoms with Crippen molar-refractivity contribution in [2.24, 2.45) is 0 Å². The number of hydrogen-bond acceptors (Lipinski definition) is 4. The predicted molar refractivity (Wildman–Crippen MR) is 99.0 cm³/mol. The molecule has 0 atom stereocenters. The highest BCUT2D eigenvalue weighted by Gasteiger charge is 2.08. The molecular formula is C20H21N3O2. The van der Waals surface area contributed by atoms with Crippen LogP contribution in [0.4, 0.5) is 10.5 Å². The van der Waals surface area contributed by atoms with Gasteiger partial charge in [-0.1, -0.05) is 17.6 Å². The van der Waals surface area contributed by atoms with Crippen LogP contribution in [-0.4, -0.2) is 22.7 Å². The number of anilines is 1. The zero-order valence-corrected chi connectivity index (χ0v) is 14.7. The third kappa shape index (κ3) is 5.47. The summed E-state index contributed by atoms with van der Waals surface area (Å²) in [6, 6.07) is 7.58. The van der Waals surface area contributed by atoms with E-state index in [4.69, 9.17) is 4.74 Å². The molecule has 0 spiro atoms. The first-order chi connectivity index (χ1) is 12.1. The monoisotopic (exact) mass is 335 g/mol. The number of nitrogens with zero attached hydrogens (tertiary/aromatic N) is 2. The number of fused-ring (bicyclic) bond motifs is 1. The summed E-state index contributed by atoms with van der Waals surface area (Å²) in [5.41, 5.74) is 5.02. The number of amides is 1. The standard InChI is InChI=1S/C11H12N2O2.C9H9N/c1-3-6-9-10(7-5-8-12-9)13-11(14)15-4-2;1-7-5-8-3-2-4-10-9(8)6-7/h5,7-8H,4H2,1-2H3,(H,13,14);2-4,6H,5H2,1H3. The molecule has 5 heteroatoms. The van der Waals surface area contributed by atoms with Crippen LogP contribution in [0.25, 0.3) is 6.08 Å². The molecule has 5 nitrogen and oxygen atoms in total. The minimum absolute atomic E-state index is 0.334. The van der Waals surface area contributed by atoms with Crippen LogP contribution >= 0.6 is 0 Å². The largest absolute Gasteiger partial charge is 0.450 e. The van der Waals surface area contributed by atoms with Gasteiger partial charge in [0.1, 0.15) is 5.69 Å². The molecule has 0 saturated heterocycles. The van der Waals surface area contributed by atoms with Crippen LogP contribution in [0.3, 0.4) is 0 Å². The molecule has 128 valence electrons. The van der Waals surface area contributed by atoms with E-state index in [-0.39, 0.29) is 0 Å². The number of allylic oxidation sites excluding steroid dienone is 1. The fourth-order valence-electron chi connectivity index (χ4n) is 2.32. The van der Waals surface area contributed by atoms with Gasteiger partial charge in [0.25, 0.3) is 0 Å². The third-order valence-corrected chi connectivity index (χ3v) is 3.34. The number of ether oxygens (including phenoxy) is 1. The molecule has 0 aliphatic heterocycles. The molecule has 0 radical (unpaired) electrons. The van der Waals surface area contributed by atoms with Gasteiger partial charge in [0, 0.05) is 12.4 Å². The summed E-state index contributed by atoms with van der Waals surface area (Å²) in [6.07, 6.45) is 6.20. The SMILES string of the molecule is CC#Cc1ncccc1NC(=O)OCC.CC1=Cc2ncccc2C1. The van der Waals surface area contributed by atoms with Gasteiger partial charge in [-0.05, 0) is 63.0 Å². The van der Waals surface area contributed by atoms with E-state index in [0.717, 1.165) is 12.1 Å². The van der Waals surface area contributed by atoms with Crippen molar-refractivity contribution >= 4 is 17.9 Å². The van der Waals surface area contributed by atoms with Crippen molar-refractivity contribution in [2.45, 2.75) is 27.2 Å². The molecule has 1 aliphatic rings. The van der Waals surface area contributed by atoms with Crippen molar-refractivity contribution in [1.82, 2.24) is 9.97 Å². The highest BCUT2D eigenvalue weighted by molar-refractivity contribution is 5.86. The van der Waals surface area contributed by atoms with Crippen LogP contribution in [0.15, 0.2) is 42.2 Å². The van der Waals surface area contributed by atoms with E-state index in [9.17, 15) is 4.79 Å². The Bertz CT molecular complexity index is 832. The van der Waals surface area contributed by atoms with Gasteiger partial charge in [0.2, 0.25) is 0 Å². The van der Waals surface area contributed by atoms with E-state index >= 15 is 0 Å². The fourth-order valence-corrected chi connectivity index (χ4v) is 2.32. The van der Waals surface area contributed by atoms with Gasteiger partial charge in [0.15, 0.2) is 0 Å². The first kappa shape index (κ1) is 18.2. The smallest absolute Gasteiger partial charge is 0.411 e. The van der Waals surface area contributed by atoms with E-state index in [1.54, 1.807) is 32.2 Å². The summed E-state index contributed by atoms with van der Waals surface area (Å²) in [4.78, 5) is 19.4. The lowest BCUT2D eigenvalue weighted by Crippen LogP contribution is -2.14. The first-order valence-electron chi connectivity index (χ1n) is 8.06. The Kier molecular flexibility index (Phi) is 6.73. The summed E-state index contributed by atoms with van der Waals surface area (Å²) in [5.74, 6) is 5.52. The second kappa shape index (κ2) is 9.24. The quantitative estimate of drug-likeness (QED) is 0.841. The molecule has 2 heterocycles. The van der Waals surface area contributed by atoms with Gasteiger partial charge in [-0.25, -0.2) is 9.78 Å². The van der Waals surface area contributed by atoms with Gasteiger partial charge in [-0.2, -0.15) is 0 Å². The van der Waals surface area contributed by atoms with Crippen molar-refractivity contribution in [2.75, 3.05) is 11.9 Å². The lowest BCUT2D eigenvalue weighted by Gasteiger charge is -2.05. The van der Waals surface area contributed by atoms with Crippen LogP contribution in [0.2, 0.25) is 0 Å². The molecule has 2 aromatic heterocycles. The number of carbonyl (C=O) groups is 1. The molecule has 3 rings (SSSR count). The summed E-state index contributed by atoms with van der Waals surface area (Å²) in [5, 5.41) is 2.57. The highest BCUT2D eigenvalue weighted by Crippen LogP contribution is 2.21. The maximum Gasteiger partial charge on any atom is 0.411 e. The fraction of sp³-hybridized carbons (Fsp3) is 0.250. The Morgan fingerprint density at radius 3 is 2.76 bits per heavy atom. The number of pyridine rings is 2. The molecule has 2 aromatic rings. The average Bonchev–Trinajstić information content (AvgIpc) is 2.98. The molecule has 1 N–H and O–H groups in total. The van der Waals surface area contributed by atoms with Crippen LogP contribution in [0.1, 0.15) is 37.7 Å². The van der Waals surface area contributed by atoms with Crippen molar-refractivity contribution < 1.29 is 9.53 Å². The number of aromatic nitrogens is 2. The second-order valence-corrected chi connectivity index (χ2v) is 5.34. The van der Waals surface area contributed by atoms with E-state index in [1.165, 1.54) is 11.1 Å². The zero-order valence-electron chi connectivity index (χ0n) is 14.7. The number of carbonyl (C=O) groups excluding carboxylic acids is 1.